The first-order chi connectivity index (χ1) is 15.1. The van der Waals surface area contributed by atoms with E-state index < -0.39 is 41.9 Å². The fourth-order valence-corrected chi connectivity index (χ4v) is 3.76. The molecule has 2 aromatic rings. The molecule has 2 heterocycles. The molecule has 3 unspecified atom stereocenters. The lowest BCUT2D eigenvalue weighted by molar-refractivity contribution is -0.270. The molecular formula is C21H18F3N3O5. The van der Waals surface area contributed by atoms with Crippen LogP contribution in [-0.2, 0) is 9.53 Å². The number of nitrogens with one attached hydrogen (secondary N) is 2. The van der Waals surface area contributed by atoms with Gasteiger partial charge in [0, 0.05) is 28.9 Å². The molecule has 168 valence electrons. The zero-order valence-corrected chi connectivity index (χ0v) is 16.7. The van der Waals surface area contributed by atoms with Gasteiger partial charge >= 0.3 is 12.1 Å². The van der Waals surface area contributed by atoms with E-state index in [9.17, 15) is 27.9 Å². The van der Waals surface area contributed by atoms with E-state index >= 15 is 0 Å². The summed E-state index contributed by atoms with van der Waals surface area (Å²) in [7, 11) is 1.22. The van der Waals surface area contributed by atoms with Crippen LogP contribution in [0.5, 0.6) is 5.75 Å². The minimum Gasteiger partial charge on any atom is -0.496 e. The van der Waals surface area contributed by atoms with Gasteiger partial charge in [0.15, 0.2) is 0 Å². The van der Waals surface area contributed by atoms with Crippen LogP contribution in [-0.4, -0.2) is 41.7 Å². The third-order valence-corrected chi connectivity index (χ3v) is 5.15. The van der Waals surface area contributed by atoms with Gasteiger partial charge in [-0.25, -0.2) is 0 Å². The van der Waals surface area contributed by atoms with Crippen molar-refractivity contribution in [3.63, 3.8) is 0 Å². The molecule has 0 spiro atoms. The van der Waals surface area contributed by atoms with Crippen molar-refractivity contribution in [2.45, 2.75) is 17.8 Å². The lowest BCUT2D eigenvalue weighted by atomic mass is 9.71. The maximum Gasteiger partial charge on any atom is 0.437 e. The molecule has 3 atom stereocenters. The molecule has 0 saturated heterocycles. The smallest absolute Gasteiger partial charge is 0.437 e. The second kappa shape index (κ2) is 8.39. The van der Waals surface area contributed by atoms with E-state index in [1.165, 1.54) is 25.3 Å². The van der Waals surface area contributed by atoms with Gasteiger partial charge in [0.1, 0.15) is 18.3 Å². The largest absolute Gasteiger partial charge is 0.496 e. The number of ether oxygens (including phenoxy) is 2. The van der Waals surface area contributed by atoms with Crippen molar-refractivity contribution in [1.82, 2.24) is 4.98 Å². The first-order valence-electron chi connectivity index (χ1n) is 9.23. The van der Waals surface area contributed by atoms with E-state index in [1.54, 1.807) is 0 Å². The molecule has 1 aromatic heterocycles. The Morgan fingerprint density at radius 1 is 1.41 bits per heavy atom. The molecule has 11 heteroatoms. The number of pyridine rings is 1. The molecule has 3 rings (SSSR count). The summed E-state index contributed by atoms with van der Waals surface area (Å²) in [6, 6.07) is 6.84. The number of halogens is 3. The van der Waals surface area contributed by atoms with Crippen LogP contribution in [0.4, 0.5) is 18.9 Å². The topological polar surface area (TPSA) is 124 Å². The number of aliphatic hydroxyl groups is 1. The fraction of sp³-hybridized carbons (Fsp3) is 0.286. The maximum absolute atomic E-state index is 14.1. The summed E-state index contributed by atoms with van der Waals surface area (Å²) < 4.78 is 52.6. The van der Waals surface area contributed by atoms with Crippen molar-refractivity contribution in [2.24, 2.45) is 5.92 Å². The summed E-state index contributed by atoms with van der Waals surface area (Å²) >= 11 is 0. The second-order valence-electron chi connectivity index (χ2n) is 6.97. The third-order valence-electron chi connectivity index (χ3n) is 5.15. The number of rotatable bonds is 5. The quantitative estimate of drug-likeness (QED) is 0.473. The first-order valence-corrected chi connectivity index (χ1v) is 9.23. The molecule has 8 nitrogen and oxygen atoms in total. The van der Waals surface area contributed by atoms with Gasteiger partial charge in [-0.05, 0) is 18.2 Å². The van der Waals surface area contributed by atoms with E-state index in [-0.39, 0.29) is 28.1 Å². The van der Waals surface area contributed by atoms with Crippen LogP contribution >= 0.6 is 0 Å². The first kappa shape index (κ1) is 22.9. The number of aromatic nitrogens is 1. The molecule has 0 fully saturated rings. The van der Waals surface area contributed by atoms with E-state index in [0.717, 1.165) is 18.3 Å². The number of benzene rings is 1. The predicted octanol–water partition coefficient (Wildman–Crippen LogP) is 2.41. The third kappa shape index (κ3) is 3.69. The summed E-state index contributed by atoms with van der Waals surface area (Å²) in [5, 5.41) is 21.9. The Morgan fingerprint density at radius 2 is 2.12 bits per heavy atom. The minimum atomic E-state index is -5.34. The highest BCUT2D eigenvalue weighted by molar-refractivity contribution is 5.80. The fourth-order valence-electron chi connectivity index (χ4n) is 3.76. The predicted molar refractivity (Wildman–Crippen MR) is 106 cm³/mol. The normalized spacial score (nSPS) is 22.1. The number of hydrogen-bond acceptors (Lipinski definition) is 7. The molecule has 0 amide bonds. The van der Waals surface area contributed by atoms with Crippen molar-refractivity contribution in [2.75, 3.05) is 19.0 Å². The Morgan fingerprint density at radius 3 is 2.72 bits per heavy atom. The van der Waals surface area contributed by atoms with Gasteiger partial charge in [0.2, 0.25) is 5.72 Å². The highest BCUT2D eigenvalue weighted by Crippen LogP contribution is 2.52. The molecule has 3 N–H and O–H groups in total. The van der Waals surface area contributed by atoms with Crippen molar-refractivity contribution in [1.29, 1.82) is 5.26 Å². The Labute approximate surface area is 179 Å². The molecule has 1 aromatic carbocycles. The summed E-state index contributed by atoms with van der Waals surface area (Å²) in [6.07, 6.45) is -3.09. The van der Waals surface area contributed by atoms with E-state index in [4.69, 9.17) is 14.7 Å². The lowest BCUT2D eigenvalue weighted by Gasteiger charge is -2.45. The standard InChI is InChI=1S/C21H18F3N3O5/c1-3-8-32-19(29)17-15(12-5-4-11(10-25)9-14(12)31-2)16-13(6-7-26-18(16)28)27-20(17,30)21(22,23)24/h3-7,9,15,17,27,30H,1,8H2,2H3,(H,26,28). The molecule has 1 aliphatic heterocycles. The van der Waals surface area contributed by atoms with E-state index in [2.05, 4.69) is 11.6 Å². The summed E-state index contributed by atoms with van der Waals surface area (Å²) in [6.45, 7) is 2.94. The van der Waals surface area contributed by atoms with Gasteiger partial charge in [-0.1, -0.05) is 18.7 Å². The summed E-state index contributed by atoms with van der Waals surface area (Å²) in [5.41, 5.74) is -5.00. The van der Waals surface area contributed by atoms with E-state index in [1.807, 2.05) is 11.4 Å². The zero-order valence-electron chi connectivity index (χ0n) is 16.7. The van der Waals surface area contributed by atoms with Crippen LogP contribution in [0.3, 0.4) is 0 Å². The molecule has 32 heavy (non-hydrogen) atoms. The van der Waals surface area contributed by atoms with Crippen LogP contribution in [0.1, 0.15) is 22.6 Å². The van der Waals surface area contributed by atoms with Gasteiger partial charge in [0.25, 0.3) is 5.56 Å². The highest BCUT2D eigenvalue weighted by Gasteiger charge is 2.67. The Hall–Kier alpha value is -3.78. The number of hydrogen-bond donors (Lipinski definition) is 3. The number of nitrogens with zero attached hydrogens (tertiary/aromatic N) is 1. The number of alkyl halides is 3. The van der Waals surface area contributed by atoms with Crippen LogP contribution < -0.4 is 15.6 Å². The van der Waals surface area contributed by atoms with Crippen molar-refractivity contribution < 1.29 is 32.5 Å². The molecular weight excluding hydrogens is 431 g/mol. The number of esters is 1. The van der Waals surface area contributed by atoms with Crippen LogP contribution in [0, 0.1) is 17.2 Å². The van der Waals surface area contributed by atoms with Gasteiger partial charge in [-0.15, -0.1) is 0 Å². The molecule has 0 bridgehead atoms. The minimum absolute atomic E-state index is 0.0193. The summed E-state index contributed by atoms with van der Waals surface area (Å²) in [5.74, 6) is -5.43. The van der Waals surface area contributed by atoms with Gasteiger partial charge in [-0.2, -0.15) is 18.4 Å². The van der Waals surface area contributed by atoms with Crippen molar-refractivity contribution in [3.05, 3.63) is 70.2 Å². The second-order valence-corrected chi connectivity index (χ2v) is 6.97. The average Bonchev–Trinajstić information content (AvgIpc) is 2.75. The average molecular weight is 449 g/mol. The molecule has 0 aliphatic carbocycles. The van der Waals surface area contributed by atoms with Crippen LogP contribution in [0.15, 0.2) is 47.9 Å². The molecule has 0 radical (unpaired) electrons. The van der Waals surface area contributed by atoms with Gasteiger partial charge in [0.05, 0.1) is 18.7 Å². The number of carbonyl (C=O) groups is 1. The number of fused-ring (bicyclic) bond motifs is 1. The monoisotopic (exact) mass is 449 g/mol. The SMILES string of the molecule is C=CCOC(=O)C1C(c2ccc(C#N)cc2OC)c2c(cc[nH]c2=O)NC1(O)C(F)(F)F. The number of methoxy groups -OCH3 is 1. The molecule has 1 aliphatic rings. The number of carbonyl (C=O) groups excluding carboxylic acids is 1. The highest BCUT2D eigenvalue weighted by atomic mass is 19.4. The number of anilines is 1. The van der Waals surface area contributed by atoms with Gasteiger partial charge < -0.3 is 24.9 Å². The Balaban J connectivity index is 2.38. The van der Waals surface area contributed by atoms with Crippen LogP contribution in [0.25, 0.3) is 0 Å². The van der Waals surface area contributed by atoms with Gasteiger partial charge in [-0.3, -0.25) is 9.59 Å². The van der Waals surface area contributed by atoms with Crippen molar-refractivity contribution in [3.8, 4) is 11.8 Å². The number of H-pyrrole nitrogens is 1. The van der Waals surface area contributed by atoms with Crippen molar-refractivity contribution >= 4 is 11.7 Å². The lowest BCUT2D eigenvalue weighted by Crippen LogP contribution is -2.64. The zero-order chi connectivity index (χ0) is 23.7. The Bertz CT molecular complexity index is 1150. The Kier molecular flexibility index (Phi) is 6.00. The summed E-state index contributed by atoms with van der Waals surface area (Å²) in [4.78, 5) is 27.9. The maximum atomic E-state index is 14.1. The number of nitriles is 1. The molecule has 0 saturated carbocycles. The number of aromatic amines is 1. The van der Waals surface area contributed by atoms with Crippen LogP contribution in [0.2, 0.25) is 0 Å². The van der Waals surface area contributed by atoms with E-state index in [0.29, 0.717) is 0 Å².